The first-order valence-corrected chi connectivity index (χ1v) is 7.11. The molecule has 3 aromatic rings. The number of hydrogen-bond acceptors (Lipinski definition) is 6. The van der Waals surface area contributed by atoms with Crippen LogP contribution in [0.5, 0.6) is 0 Å². The molecule has 0 radical (unpaired) electrons. The fourth-order valence-corrected chi connectivity index (χ4v) is 2.29. The largest absolute Gasteiger partial charge is 0.398 e. The number of nitrogen functional groups attached to an aromatic ring is 1. The smallest absolute Gasteiger partial charge is 0.317 e. The molecule has 6 nitrogen and oxygen atoms in total. The zero-order valence-electron chi connectivity index (χ0n) is 10.8. The maximum atomic E-state index is 10.9. The Kier molecular flexibility index (Phi) is 3.33. The summed E-state index contributed by atoms with van der Waals surface area (Å²) in [6.45, 7) is 0. The number of fused-ring (bicyclic) bond motifs is 1. The van der Waals surface area contributed by atoms with Crippen LogP contribution >= 0.6 is 0 Å². The number of nitrogens with zero attached hydrogens (tertiary/aromatic N) is 3. The topological polar surface area (TPSA) is 98.3 Å². The minimum atomic E-state index is -2.62. The van der Waals surface area contributed by atoms with Crippen LogP contribution in [-0.4, -0.2) is 18.4 Å². The third-order valence-corrected chi connectivity index (χ3v) is 3.25. The van der Waals surface area contributed by atoms with Crippen LogP contribution in [0.1, 0.15) is 0 Å². The summed E-state index contributed by atoms with van der Waals surface area (Å²) in [5.41, 5.74) is 8.57. The highest BCUT2D eigenvalue weighted by molar-refractivity contribution is 7.61. The number of rotatable bonds is 2. The summed E-state index contributed by atoms with van der Waals surface area (Å²) in [7, 11) is -2.62. The van der Waals surface area contributed by atoms with Gasteiger partial charge >= 0.3 is 10.5 Å². The monoisotopic (exact) mass is 298 g/mol. The van der Waals surface area contributed by atoms with Crippen LogP contribution in [0.2, 0.25) is 0 Å². The van der Waals surface area contributed by atoms with E-state index in [1.807, 2.05) is 6.07 Å². The number of para-hydroxylation sites is 3. The first-order valence-electron chi connectivity index (χ1n) is 6.08. The lowest BCUT2D eigenvalue weighted by Gasteiger charge is -2.07. The molecule has 1 aromatic heterocycles. The number of nitrogens with two attached hydrogens (primary N) is 1. The van der Waals surface area contributed by atoms with Crippen molar-refractivity contribution in [3.05, 3.63) is 48.5 Å². The molecule has 1 heterocycles. The summed E-state index contributed by atoms with van der Waals surface area (Å²) in [5, 5.41) is 0. The van der Waals surface area contributed by atoms with Gasteiger partial charge in [0.25, 0.3) is 0 Å². The molecular weight excluding hydrogens is 288 g/mol. The Labute approximate surface area is 122 Å². The molecule has 0 amide bonds. The van der Waals surface area contributed by atoms with E-state index in [2.05, 4.69) is 14.3 Å². The Morgan fingerprint density at radius 3 is 2.19 bits per heavy atom. The van der Waals surface area contributed by atoms with Crippen LogP contribution in [0, 0.1) is 0 Å². The van der Waals surface area contributed by atoms with Crippen molar-refractivity contribution in [2.75, 3.05) is 5.73 Å². The fourth-order valence-electron chi connectivity index (χ4n) is 2.02. The second kappa shape index (κ2) is 5.29. The summed E-state index contributed by atoms with van der Waals surface area (Å²) in [6, 6.07) is 14.2. The minimum Gasteiger partial charge on any atom is -0.398 e. The van der Waals surface area contributed by atoms with Gasteiger partial charge in [-0.25, -0.2) is 9.97 Å². The minimum absolute atomic E-state index is 0.0277. The lowest BCUT2D eigenvalue weighted by atomic mass is 10.1. The molecule has 7 heteroatoms. The van der Waals surface area contributed by atoms with E-state index in [0.717, 1.165) is 0 Å². The molecule has 0 bridgehead atoms. The third-order valence-electron chi connectivity index (χ3n) is 2.93. The van der Waals surface area contributed by atoms with Gasteiger partial charge in [0.15, 0.2) is 5.82 Å². The average Bonchev–Trinajstić information content (AvgIpc) is 2.47. The van der Waals surface area contributed by atoms with Gasteiger partial charge in [-0.1, -0.05) is 30.3 Å². The molecule has 0 unspecified atom stereocenters. The Hall–Kier alpha value is -2.80. The third kappa shape index (κ3) is 2.59. The zero-order chi connectivity index (χ0) is 14.8. The molecule has 0 saturated heterocycles. The summed E-state index contributed by atoms with van der Waals surface area (Å²) in [4.78, 5) is 8.70. The zero-order valence-corrected chi connectivity index (χ0v) is 11.6. The predicted molar refractivity (Wildman–Crippen MR) is 80.4 cm³/mol. The van der Waals surface area contributed by atoms with Gasteiger partial charge in [-0.3, -0.25) is 0 Å². The van der Waals surface area contributed by atoms with Gasteiger partial charge < -0.3 is 5.73 Å². The predicted octanol–water partition coefficient (Wildman–Crippen LogP) is 2.57. The SMILES string of the molecule is Nc1ccccc1-c1nc2ccccc2nc1N=S(=O)=O. The van der Waals surface area contributed by atoms with E-state index in [-0.39, 0.29) is 5.82 Å². The van der Waals surface area contributed by atoms with Crippen molar-refractivity contribution in [2.45, 2.75) is 0 Å². The van der Waals surface area contributed by atoms with Gasteiger partial charge in [0.05, 0.1) is 11.0 Å². The normalized spacial score (nSPS) is 10.5. The van der Waals surface area contributed by atoms with Gasteiger partial charge in [0.2, 0.25) is 0 Å². The number of aromatic nitrogens is 2. The van der Waals surface area contributed by atoms with E-state index in [4.69, 9.17) is 5.73 Å². The Morgan fingerprint density at radius 2 is 1.52 bits per heavy atom. The number of anilines is 1. The summed E-state index contributed by atoms with van der Waals surface area (Å²) in [6.07, 6.45) is 0. The highest BCUT2D eigenvalue weighted by Crippen LogP contribution is 2.32. The average molecular weight is 298 g/mol. The van der Waals surface area contributed by atoms with E-state index < -0.39 is 10.5 Å². The number of hydrogen-bond donors (Lipinski definition) is 1. The van der Waals surface area contributed by atoms with E-state index in [1.54, 1.807) is 42.5 Å². The maximum Gasteiger partial charge on any atom is 0.317 e. The lowest BCUT2D eigenvalue weighted by Crippen LogP contribution is -1.94. The Bertz CT molecular complexity index is 960. The standard InChI is InChI=1S/C14H10N4O2S/c15-10-6-2-1-5-9(10)13-14(18-21(19)20)17-12-8-4-3-7-11(12)16-13/h1-8H,15H2. The van der Waals surface area contributed by atoms with Crippen LogP contribution in [0.15, 0.2) is 52.9 Å². The van der Waals surface area contributed by atoms with Crippen LogP contribution in [-0.2, 0) is 10.5 Å². The maximum absolute atomic E-state index is 10.9. The first-order chi connectivity index (χ1) is 10.1. The molecule has 2 N–H and O–H groups in total. The molecule has 0 spiro atoms. The van der Waals surface area contributed by atoms with E-state index in [9.17, 15) is 8.42 Å². The Morgan fingerprint density at radius 1 is 0.905 bits per heavy atom. The molecule has 104 valence electrons. The van der Waals surface area contributed by atoms with Crippen LogP contribution in [0.4, 0.5) is 11.5 Å². The van der Waals surface area contributed by atoms with Crippen LogP contribution in [0.25, 0.3) is 22.3 Å². The van der Waals surface area contributed by atoms with E-state index in [1.165, 1.54) is 0 Å². The molecule has 0 saturated carbocycles. The molecule has 21 heavy (non-hydrogen) atoms. The van der Waals surface area contributed by atoms with Crippen molar-refractivity contribution in [3.63, 3.8) is 0 Å². The van der Waals surface area contributed by atoms with Crippen molar-refractivity contribution >= 4 is 33.0 Å². The first kappa shape index (κ1) is 13.2. The molecule has 2 aromatic carbocycles. The fraction of sp³-hybridized carbons (Fsp3) is 0. The highest BCUT2D eigenvalue weighted by Gasteiger charge is 2.13. The molecule has 0 aliphatic carbocycles. The summed E-state index contributed by atoms with van der Waals surface area (Å²) < 4.78 is 25.3. The Balaban J connectivity index is 2.39. The molecule has 0 aliphatic rings. The molecule has 0 aliphatic heterocycles. The summed E-state index contributed by atoms with van der Waals surface area (Å²) >= 11 is 0. The molecule has 0 fully saturated rings. The second-order valence-corrected chi connectivity index (χ2v) is 4.90. The van der Waals surface area contributed by atoms with E-state index in [0.29, 0.717) is 28.0 Å². The molecular formula is C14H10N4O2S. The summed E-state index contributed by atoms with van der Waals surface area (Å²) in [5.74, 6) is 0.0277. The van der Waals surface area contributed by atoms with Crippen LogP contribution < -0.4 is 5.73 Å². The second-order valence-electron chi connectivity index (χ2n) is 4.28. The lowest BCUT2D eigenvalue weighted by molar-refractivity contribution is 0.622. The quantitative estimate of drug-likeness (QED) is 0.733. The van der Waals surface area contributed by atoms with Crippen molar-refractivity contribution in [3.8, 4) is 11.3 Å². The van der Waals surface area contributed by atoms with Gasteiger partial charge in [-0.05, 0) is 18.2 Å². The van der Waals surface area contributed by atoms with E-state index >= 15 is 0 Å². The van der Waals surface area contributed by atoms with Gasteiger partial charge in [0.1, 0.15) is 5.69 Å². The van der Waals surface area contributed by atoms with Gasteiger partial charge in [-0.2, -0.15) is 8.42 Å². The van der Waals surface area contributed by atoms with Crippen molar-refractivity contribution < 1.29 is 8.42 Å². The van der Waals surface area contributed by atoms with Crippen molar-refractivity contribution in [2.24, 2.45) is 4.36 Å². The van der Waals surface area contributed by atoms with Crippen LogP contribution in [0.3, 0.4) is 0 Å². The molecule has 3 rings (SSSR count). The van der Waals surface area contributed by atoms with Crippen molar-refractivity contribution in [1.29, 1.82) is 0 Å². The molecule has 0 atom stereocenters. The van der Waals surface area contributed by atoms with Gasteiger partial charge in [-0.15, -0.1) is 4.36 Å². The highest BCUT2D eigenvalue weighted by atomic mass is 32.2. The van der Waals surface area contributed by atoms with Gasteiger partial charge in [0, 0.05) is 11.3 Å². The van der Waals surface area contributed by atoms with Crippen molar-refractivity contribution in [1.82, 2.24) is 9.97 Å². The number of benzene rings is 2.